The lowest BCUT2D eigenvalue weighted by atomic mass is 9.91. The lowest BCUT2D eigenvalue weighted by molar-refractivity contribution is 0.160. The number of rotatable bonds is 8. The minimum absolute atomic E-state index is 0.215. The molecule has 3 aliphatic rings. The van der Waals surface area contributed by atoms with Gasteiger partial charge in [-0.05, 0) is 56.0 Å². The Kier molecular flexibility index (Phi) is 8.64. The van der Waals surface area contributed by atoms with E-state index in [1.807, 2.05) is 6.20 Å². The summed E-state index contributed by atoms with van der Waals surface area (Å²) >= 11 is 0. The molecule has 5 N–H and O–H groups in total. The number of β-amino-alcohol motifs (C(OH)–C–C–N with tert-alkyl or cyclic N) is 1. The first-order chi connectivity index (χ1) is 18.9. The van der Waals surface area contributed by atoms with Crippen molar-refractivity contribution >= 4 is 29.4 Å². The molecule has 39 heavy (non-hydrogen) atoms. The first-order valence-corrected chi connectivity index (χ1v) is 14.2. The SMILES string of the molecule is CC1Cc2ccc(/C(C=N)=C/NC3CCN(CCO)CC3)cc2CN1c1cc(N2CCN(C)CC2)nc(N)n1. The Hall–Kier alpha value is -3.21. The van der Waals surface area contributed by atoms with Crippen molar-refractivity contribution in [2.75, 3.05) is 75.0 Å². The van der Waals surface area contributed by atoms with Gasteiger partial charge in [-0.2, -0.15) is 9.97 Å². The maximum Gasteiger partial charge on any atom is 0.223 e. The third-order valence-electron chi connectivity index (χ3n) is 8.40. The number of likely N-dealkylation sites (N-methyl/N-ethyl adjacent to an activating group) is 1. The largest absolute Gasteiger partial charge is 0.395 e. The molecular formula is C29H43N9O. The molecule has 0 aliphatic carbocycles. The van der Waals surface area contributed by atoms with Crippen molar-refractivity contribution in [1.29, 1.82) is 5.41 Å². The van der Waals surface area contributed by atoms with Gasteiger partial charge < -0.3 is 41.2 Å². The summed E-state index contributed by atoms with van der Waals surface area (Å²) in [5, 5.41) is 20.8. The number of aliphatic hydroxyl groups excluding tert-OH is 1. The molecule has 0 bridgehead atoms. The highest BCUT2D eigenvalue weighted by Gasteiger charge is 2.26. The van der Waals surface area contributed by atoms with E-state index in [2.05, 4.69) is 73.1 Å². The fraction of sp³-hybridized carbons (Fsp3) is 0.552. The molecule has 1 atom stereocenters. The summed E-state index contributed by atoms with van der Waals surface area (Å²) < 4.78 is 0. The molecule has 4 heterocycles. The van der Waals surface area contributed by atoms with Crippen molar-refractivity contribution < 1.29 is 5.11 Å². The Labute approximate surface area is 232 Å². The van der Waals surface area contributed by atoms with E-state index in [4.69, 9.17) is 11.1 Å². The molecule has 1 aromatic heterocycles. The second kappa shape index (κ2) is 12.3. The molecule has 2 saturated heterocycles. The predicted molar refractivity (Wildman–Crippen MR) is 158 cm³/mol. The lowest BCUT2D eigenvalue weighted by Crippen LogP contribution is -2.45. The van der Waals surface area contributed by atoms with Gasteiger partial charge >= 0.3 is 0 Å². The Bertz CT molecular complexity index is 1170. The lowest BCUT2D eigenvalue weighted by Gasteiger charge is -2.37. The molecule has 0 amide bonds. The van der Waals surface area contributed by atoms with Crippen molar-refractivity contribution in [3.63, 3.8) is 0 Å². The van der Waals surface area contributed by atoms with Crippen molar-refractivity contribution in [3.05, 3.63) is 47.2 Å². The van der Waals surface area contributed by atoms with Crippen LogP contribution in [0.1, 0.15) is 36.5 Å². The Balaban J connectivity index is 1.31. The zero-order valence-corrected chi connectivity index (χ0v) is 23.3. The summed E-state index contributed by atoms with van der Waals surface area (Å²) in [4.78, 5) is 18.5. The molecular weight excluding hydrogens is 490 g/mol. The van der Waals surface area contributed by atoms with E-state index in [0.29, 0.717) is 12.0 Å². The first-order valence-electron chi connectivity index (χ1n) is 14.2. The van der Waals surface area contributed by atoms with E-state index in [1.165, 1.54) is 17.3 Å². The number of piperidine rings is 1. The number of aliphatic hydroxyl groups is 1. The second-order valence-electron chi connectivity index (χ2n) is 11.1. The number of likely N-dealkylation sites (tertiary alicyclic amines) is 1. The zero-order chi connectivity index (χ0) is 27.4. The highest BCUT2D eigenvalue weighted by atomic mass is 16.3. The molecule has 10 nitrogen and oxygen atoms in total. The number of allylic oxidation sites excluding steroid dienone is 1. The van der Waals surface area contributed by atoms with Crippen LogP contribution in [0.15, 0.2) is 30.5 Å². The van der Waals surface area contributed by atoms with Crippen molar-refractivity contribution in [2.24, 2.45) is 0 Å². The molecule has 5 rings (SSSR count). The highest BCUT2D eigenvalue weighted by Crippen LogP contribution is 2.31. The summed E-state index contributed by atoms with van der Waals surface area (Å²) in [6, 6.07) is 9.34. The van der Waals surface area contributed by atoms with Gasteiger partial charge in [0.2, 0.25) is 5.95 Å². The standard InChI is InChI=1S/C29H43N9O/c1-21-15-22-3-4-23(25(18-30)19-32-26-5-7-36(8-6-26)13-14-39)16-24(22)20-38(21)28-17-27(33-29(31)34-28)37-11-9-35(2)10-12-37/h3-4,16-19,21,26,30,32,39H,5-15,20H2,1-2H3,(H2,31,33,34)/b25-19+,30-18?. The minimum atomic E-state index is 0.215. The molecule has 3 aliphatic heterocycles. The fourth-order valence-corrected chi connectivity index (χ4v) is 5.89. The number of nitrogens with two attached hydrogens (primary N) is 1. The van der Waals surface area contributed by atoms with Gasteiger partial charge in [0.25, 0.3) is 0 Å². The Morgan fingerprint density at radius 1 is 1.08 bits per heavy atom. The third-order valence-corrected chi connectivity index (χ3v) is 8.40. The van der Waals surface area contributed by atoms with Gasteiger partial charge in [0.05, 0.1) is 6.61 Å². The van der Waals surface area contributed by atoms with E-state index >= 15 is 0 Å². The Morgan fingerprint density at radius 2 is 1.82 bits per heavy atom. The monoisotopic (exact) mass is 533 g/mol. The molecule has 1 unspecified atom stereocenters. The van der Waals surface area contributed by atoms with Gasteiger partial charge in [-0.25, -0.2) is 0 Å². The van der Waals surface area contributed by atoms with Crippen molar-refractivity contribution in [3.8, 4) is 0 Å². The average molecular weight is 534 g/mol. The maximum atomic E-state index is 9.17. The van der Waals surface area contributed by atoms with Gasteiger partial charge in [-0.3, -0.25) is 0 Å². The second-order valence-corrected chi connectivity index (χ2v) is 11.1. The maximum absolute atomic E-state index is 9.17. The summed E-state index contributed by atoms with van der Waals surface area (Å²) in [7, 11) is 2.15. The number of hydrogen-bond donors (Lipinski definition) is 4. The van der Waals surface area contributed by atoms with Crippen LogP contribution in [0.3, 0.4) is 0 Å². The first kappa shape index (κ1) is 27.4. The number of nitrogens with one attached hydrogen (secondary N) is 2. The topological polar surface area (TPSA) is 121 Å². The molecule has 10 heteroatoms. The fourth-order valence-electron chi connectivity index (χ4n) is 5.89. The molecule has 0 radical (unpaired) electrons. The number of nitrogens with zero attached hydrogens (tertiary/aromatic N) is 6. The quantitative estimate of drug-likeness (QED) is 0.377. The van der Waals surface area contributed by atoms with E-state index in [1.54, 1.807) is 0 Å². The van der Waals surface area contributed by atoms with Gasteiger partial charge in [0.1, 0.15) is 11.6 Å². The third kappa shape index (κ3) is 6.51. The predicted octanol–water partition coefficient (Wildman–Crippen LogP) is 1.80. The average Bonchev–Trinajstić information content (AvgIpc) is 2.94. The molecule has 0 saturated carbocycles. The number of anilines is 3. The smallest absolute Gasteiger partial charge is 0.223 e. The van der Waals surface area contributed by atoms with Gasteiger partial charge in [-0.1, -0.05) is 12.1 Å². The van der Waals surface area contributed by atoms with Gasteiger partial charge in [0.15, 0.2) is 0 Å². The van der Waals surface area contributed by atoms with Crippen LogP contribution in [0.25, 0.3) is 5.57 Å². The Morgan fingerprint density at radius 3 is 2.54 bits per heavy atom. The number of hydrogen-bond acceptors (Lipinski definition) is 10. The van der Waals surface area contributed by atoms with Crippen LogP contribution in [0.5, 0.6) is 0 Å². The van der Waals surface area contributed by atoms with Gasteiger partial charge in [-0.15, -0.1) is 0 Å². The van der Waals surface area contributed by atoms with Crippen LogP contribution < -0.4 is 20.9 Å². The normalized spacial score (nSPS) is 21.6. The van der Waals surface area contributed by atoms with E-state index < -0.39 is 0 Å². The van der Waals surface area contributed by atoms with Crippen LogP contribution in [0.4, 0.5) is 17.6 Å². The summed E-state index contributed by atoms with van der Waals surface area (Å²) in [5.74, 6) is 2.09. The number of piperazine rings is 1. The number of benzene rings is 1. The zero-order valence-electron chi connectivity index (χ0n) is 23.3. The molecule has 2 aromatic rings. The summed E-state index contributed by atoms with van der Waals surface area (Å²) in [5.41, 5.74) is 10.7. The van der Waals surface area contributed by atoms with Crippen LogP contribution in [-0.2, 0) is 13.0 Å². The van der Waals surface area contributed by atoms with Crippen LogP contribution in [-0.4, -0.2) is 103 Å². The highest BCUT2D eigenvalue weighted by molar-refractivity contribution is 6.08. The van der Waals surface area contributed by atoms with Crippen molar-refractivity contribution in [1.82, 2.24) is 25.1 Å². The number of fused-ring (bicyclic) bond motifs is 1. The van der Waals surface area contributed by atoms with Gasteiger partial charge in [0, 0.05) is 88.5 Å². The van der Waals surface area contributed by atoms with Crippen molar-refractivity contribution in [2.45, 2.75) is 44.8 Å². The van der Waals surface area contributed by atoms with E-state index in [-0.39, 0.29) is 12.6 Å². The van der Waals surface area contributed by atoms with Crippen LogP contribution in [0, 0.1) is 5.41 Å². The molecule has 2 fully saturated rings. The van der Waals surface area contributed by atoms with Crippen LogP contribution >= 0.6 is 0 Å². The summed E-state index contributed by atoms with van der Waals surface area (Å²) in [6.45, 7) is 9.81. The number of nitrogen functional groups attached to an aromatic ring is 1. The molecule has 1 aromatic carbocycles. The van der Waals surface area contributed by atoms with E-state index in [0.717, 1.165) is 94.4 Å². The van der Waals surface area contributed by atoms with Crippen LogP contribution in [0.2, 0.25) is 0 Å². The molecule has 210 valence electrons. The minimum Gasteiger partial charge on any atom is -0.395 e. The summed E-state index contributed by atoms with van der Waals surface area (Å²) in [6.07, 6.45) is 6.44. The van der Waals surface area contributed by atoms with E-state index in [9.17, 15) is 5.11 Å². The molecule has 0 spiro atoms. The number of aromatic nitrogens is 2.